The van der Waals surface area contributed by atoms with Crippen LogP contribution in [0, 0.1) is 0 Å². The molecule has 0 aliphatic carbocycles. The maximum atomic E-state index is 12.7. The molecule has 1 aromatic carbocycles. The molecule has 2 heterocycles. The normalized spacial score (nSPS) is 12.3. The second-order valence-corrected chi connectivity index (χ2v) is 7.96. The van der Waals surface area contributed by atoms with Gasteiger partial charge in [0.25, 0.3) is 5.91 Å². The molecule has 1 atom stereocenters. The van der Waals surface area contributed by atoms with E-state index in [1.165, 1.54) is 0 Å². The molecule has 3 N–H and O–H groups in total. The van der Waals surface area contributed by atoms with Crippen LogP contribution in [-0.2, 0) is 25.3 Å². The number of H-pyrrole nitrogens is 1. The second-order valence-electron chi connectivity index (χ2n) is 6.25. The van der Waals surface area contributed by atoms with Crippen molar-refractivity contribution >= 4 is 50.5 Å². The molecule has 0 aliphatic rings. The summed E-state index contributed by atoms with van der Waals surface area (Å²) in [5.74, 6) is -1.48. The van der Waals surface area contributed by atoms with Gasteiger partial charge in [0.2, 0.25) is 11.4 Å². The number of thioether (sulfide) groups is 1. The largest absolute Gasteiger partial charge is 0.480 e. The molecule has 9 heteroatoms. The van der Waals surface area contributed by atoms with Gasteiger partial charge in [-0.15, -0.1) is 0 Å². The number of carbonyl (C=O) groups excluding carboxylic acids is 1. The minimum atomic E-state index is -1.07. The Hall–Kier alpha value is -2.26. The van der Waals surface area contributed by atoms with Gasteiger partial charge in [-0.2, -0.15) is 0 Å². The molecule has 0 unspecified atom stereocenters. The molecule has 7 nitrogen and oxygen atoms in total. The highest BCUT2D eigenvalue weighted by molar-refractivity contribution is 9.10. The molecule has 0 spiro atoms. The molecule has 1 amide bonds. The minimum Gasteiger partial charge on any atom is -0.480 e. The number of halogens is 1. The first-order valence-electron chi connectivity index (χ1n) is 8.20. The van der Waals surface area contributed by atoms with E-state index in [2.05, 4.69) is 26.2 Å². The smallest absolute Gasteiger partial charge is 0.326 e. The first-order valence-corrected chi connectivity index (χ1v) is 10.2. The molecule has 0 saturated carbocycles. The van der Waals surface area contributed by atoms with Crippen molar-refractivity contribution in [2.75, 3.05) is 6.26 Å². The fourth-order valence-corrected chi connectivity index (χ4v) is 4.30. The number of nitrogens with zero attached hydrogens (tertiary/aromatic N) is 2. The predicted molar refractivity (Wildman–Crippen MR) is 107 cm³/mol. The quantitative estimate of drug-likeness (QED) is 0.395. The number of aromatic nitrogens is 3. The van der Waals surface area contributed by atoms with Crippen LogP contribution in [-0.4, -0.2) is 38.8 Å². The van der Waals surface area contributed by atoms with Crippen LogP contribution < -0.4 is 9.88 Å². The number of carboxylic acid groups (broad SMARTS) is 1. The summed E-state index contributed by atoms with van der Waals surface area (Å²) in [4.78, 5) is 27.6. The summed E-state index contributed by atoms with van der Waals surface area (Å²) >= 11 is 4.94. The van der Waals surface area contributed by atoms with Gasteiger partial charge in [0.15, 0.2) is 5.69 Å². The number of benzene rings is 1. The van der Waals surface area contributed by atoms with Crippen molar-refractivity contribution in [1.82, 2.24) is 14.9 Å². The van der Waals surface area contributed by atoms with Crippen LogP contribution in [0.15, 0.2) is 40.2 Å². The molecular weight excluding hydrogens is 432 g/mol. The van der Waals surface area contributed by atoms with Crippen molar-refractivity contribution in [3.63, 3.8) is 0 Å². The first-order chi connectivity index (χ1) is 12.8. The summed E-state index contributed by atoms with van der Waals surface area (Å²) < 4.78 is 4.73. The molecule has 0 fully saturated rings. The van der Waals surface area contributed by atoms with Crippen molar-refractivity contribution in [3.05, 3.63) is 46.5 Å². The van der Waals surface area contributed by atoms with Crippen LogP contribution in [0.4, 0.5) is 0 Å². The van der Waals surface area contributed by atoms with Gasteiger partial charge < -0.3 is 15.4 Å². The number of imidazole rings is 1. The van der Waals surface area contributed by atoms with Crippen LogP contribution >= 0.6 is 27.7 Å². The van der Waals surface area contributed by atoms with Gasteiger partial charge >= 0.3 is 5.97 Å². The molecule has 0 aliphatic heterocycles. The lowest BCUT2D eigenvalue weighted by molar-refractivity contribution is -0.707. The van der Waals surface area contributed by atoms with Gasteiger partial charge in [-0.1, -0.05) is 33.8 Å². The number of fused-ring (bicyclic) bond motifs is 1. The summed E-state index contributed by atoms with van der Waals surface area (Å²) in [7, 11) is 3.78. The number of carboxylic acids is 1. The van der Waals surface area contributed by atoms with E-state index in [1.807, 2.05) is 54.0 Å². The van der Waals surface area contributed by atoms with Gasteiger partial charge in [0, 0.05) is 28.0 Å². The van der Waals surface area contributed by atoms with Crippen molar-refractivity contribution < 1.29 is 19.3 Å². The Labute approximate surface area is 168 Å². The third-order valence-electron chi connectivity index (χ3n) is 4.42. The summed E-state index contributed by atoms with van der Waals surface area (Å²) in [6, 6.07) is 4.51. The first kappa shape index (κ1) is 19.5. The summed E-state index contributed by atoms with van der Waals surface area (Å²) in [6.07, 6.45) is 5.63. The van der Waals surface area contributed by atoms with E-state index in [0.717, 1.165) is 26.1 Å². The Kier molecular flexibility index (Phi) is 5.61. The standard InChI is InChI=1S/C18H19BrN4O3S/c1-22-9-23(2)17(27-3)15(22)7-14(18(25)26)21-16(24)12-8-20-13-6-10(19)4-5-11(12)13/h4-6,8-9,14H,7H2,1-3H3,(H2-,20,21,24,25,26)/p+1/t14-/m0/s1. The summed E-state index contributed by atoms with van der Waals surface area (Å²) in [5, 5.41) is 14.0. The number of amides is 1. The fraction of sp³-hybridized carbons (Fsp3) is 0.278. The number of carbonyl (C=O) groups is 2. The monoisotopic (exact) mass is 451 g/mol. The van der Waals surface area contributed by atoms with Gasteiger partial charge in [-0.3, -0.25) is 4.79 Å². The molecule has 2 aromatic heterocycles. The van der Waals surface area contributed by atoms with Gasteiger partial charge in [0.1, 0.15) is 6.04 Å². The SMILES string of the molecule is CSc1c(C[C@H](NC(=O)c2c[nH]c3cc(Br)ccc23)C(=O)O)n(C)c[n+]1C. The van der Waals surface area contributed by atoms with Crippen LogP contribution in [0.25, 0.3) is 10.9 Å². The Morgan fingerprint density at radius 2 is 2.19 bits per heavy atom. The second kappa shape index (κ2) is 7.77. The lowest BCUT2D eigenvalue weighted by Crippen LogP contribution is -2.42. The van der Waals surface area contributed by atoms with Crippen molar-refractivity contribution in [1.29, 1.82) is 0 Å². The maximum absolute atomic E-state index is 12.7. The molecule has 3 aromatic rings. The average Bonchev–Trinajstić information content (AvgIpc) is 3.14. The van der Waals surface area contributed by atoms with Crippen LogP contribution in [0.2, 0.25) is 0 Å². The number of hydrogen-bond acceptors (Lipinski definition) is 3. The van der Waals surface area contributed by atoms with E-state index in [1.54, 1.807) is 18.0 Å². The zero-order chi connectivity index (χ0) is 19.7. The topological polar surface area (TPSA) is 91.0 Å². The molecule has 3 rings (SSSR count). The van der Waals surface area contributed by atoms with Crippen LogP contribution in [0.5, 0.6) is 0 Å². The van der Waals surface area contributed by atoms with E-state index >= 15 is 0 Å². The highest BCUT2D eigenvalue weighted by Gasteiger charge is 2.28. The Morgan fingerprint density at radius 3 is 2.85 bits per heavy atom. The van der Waals surface area contributed by atoms with E-state index in [-0.39, 0.29) is 6.42 Å². The average molecular weight is 452 g/mol. The lowest BCUT2D eigenvalue weighted by Gasteiger charge is -2.13. The Morgan fingerprint density at radius 1 is 1.44 bits per heavy atom. The third-order valence-corrected chi connectivity index (χ3v) is 5.83. The van der Waals surface area contributed by atoms with Crippen molar-refractivity contribution in [2.24, 2.45) is 14.1 Å². The lowest BCUT2D eigenvalue weighted by atomic mass is 10.1. The van der Waals surface area contributed by atoms with Gasteiger partial charge in [0.05, 0.1) is 19.7 Å². The molecule has 142 valence electrons. The van der Waals surface area contributed by atoms with Crippen molar-refractivity contribution in [2.45, 2.75) is 17.5 Å². The number of hydrogen-bond donors (Lipinski definition) is 3. The van der Waals surface area contributed by atoms with E-state index in [0.29, 0.717) is 5.56 Å². The molecule has 27 heavy (non-hydrogen) atoms. The van der Waals surface area contributed by atoms with Crippen molar-refractivity contribution in [3.8, 4) is 0 Å². The van der Waals surface area contributed by atoms with E-state index in [9.17, 15) is 14.7 Å². The number of aryl methyl sites for hydroxylation is 2. The Bertz CT molecular complexity index is 1030. The number of rotatable bonds is 6. The zero-order valence-corrected chi connectivity index (χ0v) is 17.5. The molecule has 0 saturated heterocycles. The van der Waals surface area contributed by atoms with Gasteiger partial charge in [-0.05, 0) is 18.4 Å². The minimum absolute atomic E-state index is 0.197. The van der Waals surface area contributed by atoms with E-state index < -0.39 is 17.9 Å². The molecule has 0 radical (unpaired) electrons. The predicted octanol–water partition coefficient (Wildman–Crippen LogP) is 2.24. The highest BCUT2D eigenvalue weighted by Crippen LogP contribution is 2.23. The number of aliphatic carboxylic acids is 1. The van der Waals surface area contributed by atoms with Crippen LogP contribution in [0.3, 0.4) is 0 Å². The third kappa shape index (κ3) is 3.89. The van der Waals surface area contributed by atoms with Gasteiger partial charge in [-0.25, -0.2) is 13.9 Å². The fourth-order valence-electron chi connectivity index (χ4n) is 3.15. The van der Waals surface area contributed by atoms with E-state index in [4.69, 9.17) is 0 Å². The summed E-state index contributed by atoms with van der Waals surface area (Å²) in [6.45, 7) is 0. The number of aromatic amines is 1. The summed E-state index contributed by atoms with van der Waals surface area (Å²) in [5.41, 5.74) is 2.09. The Balaban J connectivity index is 1.86. The number of nitrogens with one attached hydrogen (secondary N) is 2. The zero-order valence-electron chi connectivity index (χ0n) is 15.1. The molecular formula is C18H20BrN4O3S+. The highest BCUT2D eigenvalue weighted by atomic mass is 79.9. The maximum Gasteiger partial charge on any atom is 0.326 e. The van der Waals surface area contributed by atoms with Crippen LogP contribution in [0.1, 0.15) is 16.1 Å². The molecule has 0 bridgehead atoms.